The number of rotatable bonds is 0. The van der Waals surface area contributed by atoms with Gasteiger partial charge in [-0.3, -0.25) is 0 Å². The lowest BCUT2D eigenvalue weighted by atomic mass is 9.67. The molecule has 4 aromatic carbocycles. The number of benzene rings is 4. The molecule has 4 aliphatic carbocycles. The van der Waals surface area contributed by atoms with E-state index >= 15 is 0 Å². The summed E-state index contributed by atoms with van der Waals surface area (Å²) in [4.78, 5) is 0. The van der Waals surface area contributed by atoms with Crippen molar-refractivity contribution in [1.82, 2.24) is 0 Å². The van der Waals surface area contributed by atoms with Crippen LogP contribution in [0.5, 0.6) is 0 Å². The summed E-state index contributed by atoms with van der Waals surface area (Å²) in [5, 5.41) is 2.88. The van der Waals surface area contributed by atoms with Gasteiger partial charge in [0.05, 0.1) is 0 Å². The summed E-state index contributed by atoms with van der Waals surface area (Å²) in [6, 6.07) is 19.6. The van der Waals surface area contributed by atoms with Gasteiger partial charge in [-0.1, -0.05) is 111 Å². The van der Waals surface area contributed by atoms with Gasteiger partial charge < -0.3 is 0 Å². The Balaban J connectivity index is 1.53. The van der Waals surface area contributed by atoms with Gasteiger partial charge >= 0.3 is 0 Å². The topological polar surface area (TPSA) is 0 Å². The largest absolute Gasteiger partial charge is 0.0715 e. The smallest absolute Gasteiger partial charge is 0.0443 e. The van der Waals surface area contributed by atoms with E-state index < -0.39 is 0 Å². The lowest BCUT2D eigenvalue weighted by Crippen LogP contribution is -2.26. The number of hydrogen-bond acceptors (Lipinski definition) is 0. The molecule has 0 heterocycles. The van der Waals surface area contributed by atoms with Gasteiger partial charge in [0.2, 0.25) is 0 Å². The standard InChI is InChI=1S/C42H42/c1-22-11-13-32-29(17-22)39-38(40(32,7)8)28-12-14-33-35(37(28)41(39,9)10)31-19-27(6)34-26(5)16-23(2)18-30(34)36(31)42(33)20-24(3)15-25(4)21-42/h11-20H,21H2,1-10H3. The minimum atomic E-state index is -0.151. The number of hydrogen-bond donors (Lipinski definition) is 0. The van der Waals surface area contributed by atoms with Crippen molar-refractivity contribution < 1.29 is 0 Å². The molecule has 0 aliphatic heterocycles. The van der Waals surface area contributed by atoms with Gasteiger partial charge in [-0.2, -0.15) is 0 Å². The van der Waals surface area contributed by atoms with E-state index in [-0.39, 0.29) is 16.2 Å². The van der Waals surface area contributed by atoms with Crippen molar-refractivity contribution in [2.75, 3.05) is 0 Å². The summed E-state index contributed by atoms with van der Waals surface area (Å²) in [5.74, 6) is 0. The van der Waals surface area contributed by atoms with E-state index in [2.05, 4.69) is 130 Å². The zero-order valence-electron chi connectivity index (χ0n) is 27.0. The molecule has 0 bridgehead atoms. The van der Waals surface area contributed by atoms with Crippen LogP contribution in [-0.2, 0) is 16.2 Å². The summed E-state index contributed by atoms with van der Waals surface area (Å²) in [5.41, 5.74) is 23.1. The fourth-order valence-corrected chi connectivity index (χ4v) is 10.0. The predicted octanol–water partition coefficient (Wildman–Crippen LogP) is 11.1. The normalized spacial score (nSPS) is 22.1. The van der Waals surface area contributed by atoms with Gasteiger partial charge in [-0.25, -0.2) is 0 Å². The van der Waals surface area contributed by atoms with Gasteiger partial charge in [-0.05, 0) is 126 Å². The molecule has 0 amide bonds. The van der Waals surface area contributed by atoms with Crippen LogP contribution in [-0.4, -0.2) is 0 Å². The second kappa shape index (κ2) is 7.84. The maximum atomic E-state index is 2.61. The van der Waals surface area contributed by atoms with E-state index in [1.165, 1.54) is 83.1 Å². The minimum absolute atomic E-state index is 0.0254. The predicted molar refractivity (Wildman–Crippen MR) is 181 cm³/mol. The first-order valence-electron chi connectivity index (χ1n) is 15.7. The lowest BCUT2D eigenvalue weighted by molar-refractivity contribution is 0.638. The van der Waals surface area contributed by atoms with Crippen LogP contribution in [0.3, 0.4) is 0 Å². The maximum absolute atomic E-state index is 2.61. The zero-order chi connectivity index (χ0) is 29.7. The molecule has 0 heteroatoms. The average Bonchev–Trinajstić information content (AvgIpc) is 3.38. The highest BCUT2D eigenvalue weighted by Gasteiger charge is 2.54. The molecule has 0 saturated carbocycles. The molecule has 0 aromatic heterocycles. The molecule has 0 saturated heterocycles. The van der Waals surface area contributed by atoms with Crippen molar-refractivity contribution in [3.63, 3.8) is 0 Å². The Morgan fingerprint density at radius 2 is 1.29 bits per heavy atom. The fourth-order valence-electron chi connectivity index (χ4n) is 10.0. The lowest BCUT2D eigenvalue weighted by Gasteiger charge is -2.35. The molecule has 0 N–H and O–H groups in total. The van der Waals surface area contributed by atoms with Crippen LogP contribution >= 0.6 is 0 Å². The van der Waals surface area contributed by atoms with Gasteiger partial charge in [0.25, 0.3) is 0 Å². The number of aryl methyl sites for hydroxylation is 4. The highest BCUT2D eigenvalue weighted by Crippen LogP contribution is 2.67. The molecule has 1 atom stereocenters. The molecular weight excluding hydrogens is 504 g/mol. The molecule has 210 valence electrons. The van der Waals surface area contributed by atoms with E-state index in [0.717, 1.165) is 6.42 Å². The first-order valence-corrected chi connectivity index (χ1v) is 15.7. The Morgan fingerprint density at radius 1 is 0.595 bits per heavy atom. The second-order valence-electron chi connectivity index (χ2n) is 15.1. The monoisotopic (exact) mass is 546 g/mol. The van der Waals surface area contributed by atoms with Crippen molar-refractivity contribution in [3.8, 4) is 11.1 Å². The third kappa shape index (κ3) is 2.94. The first-order chi connectivity index (χ1) is 19.8. The number of fused-ring (bicyclic) bond motifs is 12. The Bertz CT molecular complexity index is 2050. The van der Waals surface area contributed by atoms with Crippen LogP contribution in [0.15, 0.2) is 71.8 Å². The maximum Gasteiger partial charge on any atom is 0.0443 e. The molecule has 0 nitrogen and oxygen atoms in total. The average molecular weight is 547 g/mol. The second-order valence-corrected chi connectivity index (χ2v) is 15.1. The Morgan fingerprint density at radius 3 is 2.02 bits per heavy atom. The van der Waals surface area contributed by atoms with Gasteiger partial charge in [0.1, 0.15) is 0 Å². The fraction of sp³-hybridized carbons (Fsp3) is 0.333. The van der Waals surface area contributed by atoms with Crippen LogP contribution in [0.1, 0.15) is 104 Å². The molecule has 1 unspecified atom stereocenters. The molecule has 42 heavy (non-hydrogen) atoms. The molecule has 4 aromatic rings. The number of allylic oxidation sites excluding steroid dienone is 6. The third-order valence-corrected chi connectivity index (χ3v) is 11.2. The zero-order valence-corrected chi connectivity index (χ0v) is 27.0. The van der Waals surface area contributed by atoms with Gasteiger partial charge in [0.15, 0.2) is 0 Å². The van der Waals surface area contributed by atoms with Crippen molar-refractivity contribution >= 4 is 21.9 Å². The third-order valence-electron chi connectivity index (χ3n) is 11.2. The summed E-state index contributed by atoms with van der Waals surface area (Å²) >= 11 is 0. The van der Waals surface area contributed by atoms with Crippen molar-refractivity contribution in [3.05, 3.63) is 127 Å². The quantitative estimate of drug-likeness (QED) is 0.206. The summed E-state index contributed by atoms with van der Waals surface area (Å²) < 4.78 is 0. The molecule has 0 fully saturated rings. The molecular formula is C42H42. The van der Waals surface area contributed by atoms with Crippen LogP contribution in [0.2, 0.25) is 0 Å². The summed E-state index contributed by atoms with van der Waals surface area (Å²) in [6.45, 7) is 23.7. The van der Waals surface area contributed by atoms with Gasteiger partial charge in [-0.15, -0.1) is 0 Å². The van der Waals surface area contributed by atoms with Crippen LogP contribution in [0.4, 0.5) is 0 Å². The highest BCUT2D eigenvalue weighted by molar-refractivity contribution is 6.13. The van der Waals surface area contributed by atoms with E-state index in [1.807, 2.05) is 0 Å². The SMILES string of the molecule is CC1=CC2(CC(C)=C1)c1ccc3c(c1-c1cc(C)c4c(C)cc(C)cc4c12)C(C)(C)C1=C3C(C)(C)c2ccc(C)cc21. The Kier molecular flexibility index (Phi) is 4.86. The Hall–Kier alpha value is -3.64. The first kappa shape index (κ1) is 26.0. The molecule has 0 radical (unpaired) electrons. The van der Waals surface area contributed by atoms with Crippen molar-refractivity contribution in [2.45, 2.75) is 91.9 Å². The summed E-state index contributed by atoms with van der Waals surface area (Å²) in [6.07, 6.45) is 6.04. The Labute approximate surface area is 251 Å². The summed E-state index contributed by atoms with van der Waals surface area (Å²) in [7, 11) is 0. The van der Waals surface area contributed by atoms with E-state index in [1.54, 1.807) is 16.7 Å². The molecule has 8 rings (SSSR count). The van der Waals surface area contributed by atoms with E-state index in [4.69, 9.17) is 0 Å². The van der Waals surface area contributed by atoms with Crippen LogP contribution in [0.25, 0.3) is 33.0 Å². The minimum Gasteiger partial charge on any atom is -0.0715 e. The van der Waals surface area contributed by atoms with E-state index in [0.29, 0.717) is 0 Å². The molecule has 4 aliphatic rings. The van der Waals surface area contributed by atoms with Crippen molar-refractivity contribution in [1.29, 1.82) is 0 Å². The highest BCUT2D eigenvalue weighted by atomic mass is 14.6. The van der Waals surface area contributed by atoms with Gasteiger partial charge in [0, 0.05) is 16.2 Å². The van der Waals surface area contributed by atoms with Crippen molar-refractivity contribution in [2.24, 2.45) is 0 Å². The van der Waals surface area contributed by atoms with Crippen LogP contribution in [0, 0.1) is 27.7 Å². The van der Waals surface area contributed by atoms with Crippen LogP contribution < -0.4 is 0 Å². The molecule has 1 spiro atoms. The van der Waals surface area contributed by atoms with E-state index in [9.17, 15) is 0 Å².